The van der Waals surface area contributed by atoms with Crippen LogP contribution in [0.2, 0.25) is 0 Å². The Labute approximate surface area is 103 Å². The van der Waals surface area contributed by atoms with Crippen LogP contribution in [0.15, 0.2) is 0 Å². The van der Waals surface area contributed by atoms with Crippen LogP contribution in [0.4, 0.5) is 4.79 Å². The molecule has 0 aliphatic heterocycles. The van der Waals surface area contributed by atoms with Gasteiger partial charge in [-0.05, 0) is 25.4 Å². The molecule has 0 spiro atoms. The SMILES string of the molecule is CCN(CC(C)(C)CN)C(C)C(=O)NC(N)=O. The number of likely N-dealkylation sites (N-methyl/N-ethyl adjacent to an activating group) is 1. The van der Waals surface area contributed by atoms with Gasteiger partial charge in [-0.1, -0.05) is 20.8 Å². The minimum Gasteiger partial charge on any atom is -0.351 e. The third kappa shape index (κ3) is 5.65. The van der Waals surface area contributed by atoms with Crippen molar-refractivity contribution in [3.05, 3.63) is 0 Å². The number of primary amides is 1. The van der Waals surface area contributed by atoms with Crippen LogP contribution >= 0.6 is 0 Å². The smallest absolute Gasteiger partial charge is 0.318 e. The highest BCUT2D eigenvalue weighted by Crippen LogP contribution is 2.16. The molecular weight excluding hydrogens is 220 g/mol. The summed E-state index contributed by atoms with van der Waals surface area (Å²) in [6.45, 7) is 9.70. The Kier molecular flexibility index (Phi) is 6.12. The molecule has 3 amide bonds. The summed E-state index contributed by atoms with van der Waals surface area (Å²) in [7, 11) is 0. The molecule has 100 valence electrons. The van der Waals surface area contributed by atoms with Crippen molar-refractivity contribution < 1.29 is 9.59 Å². The number of carbonyl (C=O) groups excluding carboxylic acids is 2. The fourth-order valence-corrected chi connectivity index (χ4v) is 1.53. The summed E-state index contributed by atoms with van der Waals surface area (Å²) in [6.07, 6.45) is 0. The van der Waals surface area contributed by atoms with E-state index in [-0.39, 0.29) is 11.3 Å². The van der Waals surface area contributed by atoms with Crippen LogP contribution in [0, 0.1) is 5.41 Å². The Morgan fingerprint density at radius 1 is 1.41 bits per heavy atom. The van der Waals surface area contributed by atoms with E-state index in [0.717, 1.165) is 0 Å². The third-order valence-corrected chi connectivity index (χ3v) is 2.76. The van der Waals surface area contributed by atoms with Crippen molar-refractivity contribution >= 4 is 11.9 Å². The summed E-state index contributed by atoms with van der Waals surface area (Å²) in [4.78, 5) is 24.2. The number of amides is 3. The molecule has 0 heterocycles. The first-order chi connectivity index (χ1) is 7.73. The highest BCUT2D eigenvalue weighted by molar-refractivity contribution is 5.96. The molecule has 0 aromatic carbocycles. The van der Waals surface area contributed by atoms with E-state index in [1.165, 1.54) is 0 Å². The van der Waals surface area contributed by atoms with Crippen LogP contribution in [-0.2, 0) is 4.79 Å². The quantitative estimate of drug-likeness (QED) is 0.606. The van der Waals surface area contributed by atoms with Gasteiger partial charge in [0, 0.05) is 6.54 Å². The van der Waals surface area contributed by atoms with Crippen LogP contribution in [0.3, 0.4) is 0 Å². The van der Waals surface area contributed by atoms with Gasteiger partial charge in [-0.2, -0.15) is 0 Å². The summed E-state index contributed by atoms with van der Waals surface area (Å²) in [5, 5.41) is 2.09. The van der Waals surface area contributed by atoms with Crippen molar-refractivity contribution in [1.82, 2.24) is 10.2 Å². The topological polar surface area (TPSA) is 101 Å². The van der Waals surface area contributed by atoms with E-state index in [0.29, 0.717) is 19.6 Å². The Morgan fingerprint density at radius 3 is 2.29 bits per heavy atom. The maximum Gasteiger partial charge on any atom is 0.318 e. The van der Waals surface area contributed by atoms with E-state index in [1.807, 2.05) is 25.7 Å². The molecule has 0 aliphatic rings. The summed E-state index contributed by atoms with van der Waals surface area (Å²) in [5.74, 6) is -0.382. The number of nitrogens with two attached hydrogens (primary N) is 2. The second kappa shape index (κ2) is 6.56. The third-order valence-electron chi connectivity index (χ3n) is 2.76. The highest BCUT2D eigenvalue weighted by Gasteiger charge is 2.26. The van der Waals surface area contributed by atoms with Gasteiger partial charge in [0.05, 0.1) is 6.04 Å². The lowest BCUT2D eigenvalue weighted by atomic mass is 9.92. The molecule has 1 unspecified atom stereocenters. The largest absolute Gasteiger partial charge is 0.351 e. The average molecular weight is 244 g/mol. The predicted molar refractivity (Wildman–Crippen MR) is 67.3 cm³/mol. The number of carbonyl (C=O) groups is 2. The Balaban J connectivity index is 4.55. The van der Waals surface area contributed by atoms with Crippen molar-refractivity contribution in [1.29, 1.82) is 0 Å². The maximum absolute atomic E-state index is 11.6. The van der Waals surface area contributed by atoms with Gasteiger partial charge in [-0.3, -0.25) is 15.0 Å². The second-order valence-electron chi connectivity index (χ2n) is 4.96. The monoisotopic (exact) mass is 244 g/mol. The molecule has 5 N–H and O–H groups in total. The van der Waals surface area contributed by atoms with Gasteiger partial charge in [0.1, 0.15) is 0 Å². The fraction of sp³-hybridized carbons (Fsp3) is 0.818. The standard InChI is InChI=1S/C11H24N4O2/c1-5-15(7-11(3,4)6-12)8(2)9(16)14-10(13)17/h8H,5-7,12H2,1-4H3,(H3,13,14,16,17). The fourth-order valence-electron chi connectivity index (χ4n) is 1.53. The van der Waals surface area contributed by atoms with Crippen LogP contribution in [0.1, 0.15) is 27.7 Å². The van der Waals surface area contributed by atoms with Gasteiger partial charge in [-0.25, -0.2) is 4.79 Å². The summed E-state index contributed by atoms with van der Waals surface area (Å²) in [5.41, 5.74) is 10.5. The Morgan fingerprint density at radius 2 is 1.94 bits per heavy atom. The minimum atomic E-state index is -0.823. The Hall–Kier alpha value is -1.14. The number of imide groups is 1. The highest BCUT2D eigenvalue weighted by atomic mass is 16.2. The van der Waals surface area contributed by atoms with Crippen molar-refractivity contribution in [2.75, 3.05) is 19.6 Å². The number of rotatable bonds is 6. The zero-order chi connectivity index (χ0) is 13.6. The maximum atomic E-state index is 11.6. The number of urea groups is 1. The minimum absolute atomic E-state index is 0.0721. The van der Waals surface area contributed by atoms with E-state index in [9.17, 15) is 9.59 Å². The molecule has 0 aliphatic carbocycles. The van der Waals surface area contributed by atoms with Gasteiger partial charge in [0.2, 0.25) is 5.91 Å². The molecular formula is C11H24N4O2. The molecule has 1 atom stereocenters. The lowest BCUT2D eigenvalue weighted by molar-refractivity contribution is -0.125. The number of nitrogens with one attached hydrogen (secondary N) is 1. The van der Waals surface area contributed by atoms with E-state index in [2.05, 4.69) is 5.32 Å². The molecule has 0 saturated carbocycles. The van der Waals surface area contributed by atoms with Gasteiger partial charge < -0.3 is 11.5 Å². The number of nitrogens with zero attached hydrogens (tertiary/aromatic N) is 1. The molecule has 0 aromatic heterocycles. The van der Waals surface area contributed by atoms with Crippen LogP contribution in [-0.4, -0.2) is 42.5 Å². The second-order valence-corrected chi connectivity index (χ2v) is 4.96. The van der Waals surface area contributed by atoms with Crippen LogP contribution in [0.25, 0.3) is 0 Å². The Bertz CT molecular complexity index is 279. The number of hydrogen-bond donors (Lipinski definition) is 3. The number of hydrogen-bond acceptors (Lipinski definition) is 4. The van der Waals surface area contributed by atoms with Crippen molar-refractivity contribution in [2.24, 2.45) is 16.9 Å². The van der Waals surface area contributed by atoms with Crippen molar-refractivity contribution in [2.45, 2.75) is 33.7 Å². The summed E-state index contributed by atoms with van der Waals surface area (Å²) in [6, 6.07) is -1.23. The average Bonchev–Trinajstić information content (AvgIpc) is 2.24. The van der Waals surface area contributed by atoms with Gasteiger partial charge in [-0.15, -0.1) is 0 Å². The summed E-state index contributed by atoms with van der Waals surface area (Å²) >= 11 is 0. The zero-order valence-electron chi connectivity index (χ0n) is 11.1. The molecule has 17 heavy (non-hydrogen) atoms. The molecule has 0 radical (unpaired) electrons. The van der Waals surface area contributed by atoms with Crippen LogP contribution < -0.4 is 16.8 Å². The molecule has 0 fully saturated rings. The van der Waals surface area contributed by atoms with Gasteiger partial charge in [0.25, 0.3) is 0 Å². The van der Waals surface area contributed by atoms with E-state index >= 15 is 0 Å². The molecule has 0 saturated heterocycles. The zero-order valence-corrected chi connectivity index (χ0v) is 11.1. The molecule has 0 rings (SSSR count). The van der Waals surface area contributed by atoms with E-state index in [4.69, 9.17) is 11.5 Å². The lowest BCUT2D eigenvalue weighted by Crippen LogP contribution is -2.51. The van der Waals surface area contributed by atoms with Gasteiger partial charge in [0.15, 0.2) is 0 Å². The predicted octanol–water partition coefficient (Wildman–Crippen LogP) is -0.123. The van der Waals surface area contributed by atoms with Crippen LogP contribution in [0.5, 0.6) is 0 Å². The molecule has 6 heteroatoms. The molecule has 0 aromatic rings. The first kappa shape index (κ1) is 15.9. The summed E-state index contributed by atoms with van der Waals surface area (Å²) < 4.78 is 0. The first-order valence-corrected chi connectivity index (χ1v) is 5.78. The van der Waals surface area contributed by atoms with E-state index < -0.39 is 12.1 Å². The first-order valence-electron chi connectivity index (χ1n) is 5.78. The molecule has 6 nitrogen and oxygen atoms in total. The van der Waals surface area contributed by atoms with E-state index in [1.54, 1.807) is 6.92 Å². The lowest BCUT2D eigenvalue weighted by Gasteiger charge is -2.34. The van der Waals surface area contributed by atoms with Crippen molar-refractivity contribution in [3.63, 3.8) is 0 Å². The molecule has 0 bridgehead atoms. The van der Waals surface area contributed by atoms with Gasteiger partial charge >= 0.3 is 6.03 Å². The van der Waals surface area contributed by atoms with Crippen molar-refractivity contribution in [3.8, 4) is 0 Å². The normalized spacial score (nSPS) is 13.5.